The quantitative estimate of drug-likeness (QED) is 0.0340. The zero-order valence-electron chi connectivity index (χ0n) is 83.7. The molecule has 0 aliphatic heterocycles. The van der Waals surface area contributed by atoms with E-state index in [0.29, 0.717) is 0 Å². The lowest BCUT2D eigenvalue weighted by Gasteiger charge is -2.29. The van der Waals surface area contributed by atoms with Crippen molar-refractivity contribution in [3.8, 4) is 0 Å². The zero-order valence-corrected chi connectivity index (χ0v) is 83.7. The standard InChI is InChI=1S/2C22H24O2.3C21H22O2.C19H20O2.12CH4/c1-5-22(3,4)21(23)24-15(2)19-12-8-11-18-13-16-9-6-7-10-17(16)14-20(18)19;1-5-22(3,4)21(23)24-15(2)16-10-11-19-13-17-8-6-7-9-18(17)14-20(19)12-16;1-4-14(2)21(22)23-15(3)20-18-11-7-5-9-16(18)13-17-10-6-8-12-19(17)20;1-4-14(2)21(22)23-15(3)19-11-7-10-18-12-16-8-5-6-9-17(16)13-20(18)19;1-4-14(2)21(22)23-15(3)16-9-10-19-12-17-7-5-6-8-18(17)13-20(19)11-16;1-3-13(2)19(20)21-18-16-10-6-4-8-14(16)12-15-9-5-7-11-17(15)18;;;;;;;;;;;;/h2*6-15H,5H2,1-4H3;3*5-15H,4H2,1-3H3;4-11,13,18H,3,12H2,1-2H3;12*1H4. The van der Waals surface area contributed by atoms with Crippen LogP contribution in [0.15, 0.2) is 322 Å². The number of hydrogen-bond donors (Lipinski definition) is 0. The van der Waals surface area contributed by atoms with Crippen LogP contribution in [0.5, 0.6) is 0 Å². The van der Waals surface area contributed by atoms with Crippen molar-refractivity contribution in [3.63, 3.8) is 0 Å². The van der Waals surface area contributed by atoms with Crippen molar-refractivity contribution >= 4 is 144 Å². The zero-order chi connectivity index (χ0) is 98.6. The molecule has 1 aliphatic carbocycles. The molecule has 18 rings (SSSR count). The van der Waals surface area contributed by atoms with E-state index in [1.54, 1.807) is 0 Å². The molecular weight excluding hydrogens is 1850 g/mol. The van der Waals surface area contributed by atoms with Crippen molar-refractivity contribution < 1.29 is 57.2 Å². The van der Waals surface area contributed by atoms with Gasteiger partial charge in [0, 0.05) is 22.3 Å². The maximum Gasteiger partial charge on any atom is 0.312 e. The highest BCUT2D eigenvalue weighted by molar-refractivity contribution is 6.05. The van der Waals surface area contributed by atoms with Crippen LogP contribution in [-0.2, 0) is 63.6 Å². The van der Waals surface area contributed by atoms with Gasteiger partial charge in [0.1, 0.15) is 30.5 Å². The summed E-state index contributed by atoms with van der Waals surface area (Å²) in [7, 11) is 0. The first-order valence-electron chi connectivity index (χ1n) is 49.3. The molecule has 0 N–H and O–H groups in total. The molecule has 0 amide bonds. The molecule has 0 saturated carbocycles. The first kappa shape index (κ1) is 134. The van der Waals surface area contributed by atoms with Gasteiger partial charge in [-0.05, 0) is 310 Å². The van der Waals surface area contributed by atoms with Gasteiger partial charge in [0.05, 0.1) is 34.5 Å². The number of hydrogen-bond acceptors (Lipinski definition) is 12. The summed E-state index contributed by atoms with van der Waals surface area (Å²) in [5.41, 5.74) is 9.10. The van der Waals surface area contributed by atoms with Gasteiger partial charge in [-0.15, -0.1) is 0 Å². The number of esters is 6. The Morgan fingerprint density at radius 3 is 0.840 bits per heavy atom. The van der Waals surface area contributed by atoms with Crippen molar-refractivity contribution in [1.29, 1.82) is 0 Å². The lowest BCUT2D eigenvalue weighted by Crippen LogP contribution is -2.26. The molecule has 150 heavy (non-hydrogen) atoms. The molecule has 12 nitrogen and oxygen atoms in total. The van der Waals surface area contributed by atoms with Crippen LogP contribution in [0.1, 0.15) is 346 Å². The predicted octanol–water partition coefficient (Wildman–Crippen LogP) is 40.9. The third-order valence-electron chi connectivity index (χ3n) is 27.7. The van der Waals surface area contributed by atoms with Gasteiger partial charge in [-0.2, -0.15) is 0 Å². The lowest BCUT2D eigenvalue weighted by atomic mass is 9.84. The molecule has 0 spiro atoms. The topological polar surface area (TPSA) is 158 Å². The summed E-state index contributed by atoms with van der Waals surface area (Å²) >= 11 is 0. The molecule has 0 bridgehead atoms. The van der Waals surface area contributed by atoms with Crippen molar-refractivity contribution in [2.45, 2.75) is 302 Å². The Hall–Kier alpha value is -13.8. The molecule has 17 aromatic carbocycles. The minimum absolute atomic E-state index is 0. The highest BCUT2D eigenvalue weighted by Gasteiger charge is 2.33. The van der Waals surface area contributed by atoms with E-state index in [9.17, 15) is 28.8 Å². The van der Waals surface area contributed by atoms with Crippen LogP contribution < -0.4 is 0 Å². The average molecular weight is 2030 g/mol. The normalized spacial score (nSPS) is 12.7. The first-order chi connectivity index (χ1) is 66.3. The fourth-order valence-electron chi connectivity index (χ4n) is 17.0. The molecule has 9 atom stereocenters. The second-order valence-electron chi connectivity index (χ2n) is 38.3. The van der Waals surface area contributed by atoms with E-state index >= 15 is 0 Å². The van der Waals surface area contributed by atoms with E-state index in [2.05, 4.69) is 224 Å². The number of carbonyl (C=O) groups excluding carboxylic acids is 6. The molecule has 0 saturated heterocycles. The molecule has 0 radical (unpaired) electrons. The van der Waals surface area contributed by atoms with Crippen LogP contribution in [0.4, 0.5) is 0 Å². The molecule has 806 valence electrons. The molecular formula is C138H182O12. The van der Waals surface area contributed by atoms with Crippen LogP contribution in [0.3, 0.4) is 0 Å². The van der Waals surface area contributed by atoms with Gasteiger partial charge in [-0.1, -0.05) is 413 Å². The molecule has 17 aromatic rings. The Balaban J connectivity index is 0.000000886. The number of ether oxygens (including phenoxy) is 6. The SMILES string of the molecule is C.C.C.C.C.C.C.C.C.C.C.C.CCC(C)(C)C(=O)OC(C)c1ccc2cc3ccccc3cc2c1.CCC(C)(C)C(=O)OC(C)c1cccc2cc3ccccc3cc12.CCC(C)C(=O)OC(C)c1c2ccccc2cc2ccccc12.CCC(C)C(=O)OC(C)c1ccc2cc3ccccc3cc2c1.CCC(C)C(=O)OC(C)c1cccc2cc3ccccc3cc12.CCC(C)C(=O)OC1c2ccccc2Cc2ccccc21. The highest BCUT2D eigenvalue weighted by atomic mass is 16.6. The molecule has 9 unspecified atom stereocenters. The van der Waals surface area contributed by atoms with Crippen molar-refractivity contribution in [2.24, 2.45) is 34.5 Å². The minimum atomic E-state index is -0.453. The summed E-state index contributed by atoms with van der Waals surface area (Å²) in [6.45, 7) is 37.1. The Morgan fingerprint density at radius 2 is 0.493 bits per heavy atom. The molecule has 12 heteroatoms. The van der Waals surface area contributed by atoms with Crippen LogP contribution in [0, 0.1) is 34.5 Å². The van der Waals surface area contributed by atoms with Crippen molar-refractivity contribution in [1.82, 2.24) is 0 Å². The maximum atomic E-state index is 12.4. The van der Waals surface area contributed by atoms with Crippen LogP contribution >= 0.6 is 0 Å². The van der Waals surface area contributed by atoms with E-state index in [1.807, 2.05) is 229 Å². The third kappa shape index (κ3) is 32.6. The van der Waals surface area contributed by atoms with E-state index in [1.165, 1.54) is 97.3 Å². The van der Waals surface area contributed by atoms with Gasteiger partial charge in [0.2, 0.25) is 0 Å². The fraction of sp³-hybridized carbons (Fsp3) is 0.362. The van der Waals surface area contributed by atoms with E-state index < -0.39 is 10.8 Å². The summed E-state index contributed by atoms with van der Waals surface area (Å²) in [6, 6.07) is 111. The highest BCUT2D eigenvalue weighted by Crippen LogP contribution is 2.42. The Labute approximate surface area is 903 Å². The van der Waals surface area contributed by atoms with Gasteiger partial charge in [0.25, 0.3) is 0 Å². The second kappa shape index (κ2) is 61.3. The lowest BCUT2D eigenvalue weighted by molar-refractivity contribution is -0.160. The molecule has 0 aromatic heterocycles. The number of fused-ring (bicyclic) bond motifs is 12. The second-order valence-corrected chi connectivity index (χ2v) is 38.3. The van der Waals surface area contributed by atoms with Crippen LogP contribution in [-0.4, -0.2) is 35.8 Å². The third-order valence-corrected chi connectivity index (χ3v) is 27.7. The Kier molecular flexibility index (Phi) is 54.9. The number of benzene rings is 17. The molecule has 1 aliphatic rings. The van der Waals surface area contributed by atoms with Crippen molar-refractivity contribution in [3.05, 3.63) is 372 Å². The van der Waals surface area contributed by atoms with E-state index in [4.69, 9.17) is 28.4 Å². The van der Waals surface area contributed by atoms with Gasteiger partial charge in [-0.3, -0.25) is 28.8 Å². The fourth-order valence-corrected chi connectivity index (χ4v) is 17.0. The Morgan fingerprint density at radius 1 is 0.247 bits per heavy atom. The summed E-state index contributed by atoms with van der Waals surface area (Å²) < 4.78 is 34.3. The Bertz CT molecular complexity index is 7050. The van der Waals surface area contributed by atoms with E-state index in [-0.39, 0.29) is 185 Å². The minimum Gasteiger partial charge on any atom is -0.458 e. The smallest absolute Gasteiger partial charge is 0.312 e. The number of carbonyl (C=O) groups is 6. The summed E-state index contributed by atoms with van der Waals surface area (Å²) in [5, 5.41) is 23.8. The molecule has 0 fully saturated rings. The van der Waals surface area contributed by atoms with Gasteiger partial charge in [0.15, 0.2) is 6.10 Å². The summed E-state index contributed by atoms with van der Waals surface area (Å²) in [6.07, 6.45) is 4.09. The van der Waals surface area contributed by atoms with E-state index in [0.717, 1.165) is 105 Å². The summed E-state index contributed by atoms with van der Waals surface area (Å²) in [5.74, 6) is -1.03. The first-order valence-corrected chi connectivity index (χ1v) is 49.3. The van der Waals surface area contributed by atoms with Crippen LogP contribution in [0.2, 0.25) is 0 Å². The van der Waals surface area contributed by atoms with Gasteiger partial charge in [-0.25, -0.2) is 0 Å². The maximum absolute atomic E-state index is 12.4. The van der Waals surface area contributed by atoms with Gasteiger partial charge >= 0.3 is 35.8 Å². The number of rotatable bonds is 23. The molecule has 0 heterocycles. The summed E-state index contributed by atoms with van der Waals surface area (Å²) in [4.78, 5) is 73.2. The average Bonchev–Trinajstić information content (AvgIpc) is 0.767. The predicted molar refractivity (Wildman–Crippen MR) is 650 cm³/mol. The monoisotopic (exact) mass is 2030 g/mol. The largest absolute Gasteiger partial charge is 0.458 e. The van der Waals surface area contributed by atoms with Crippen molar-refractivity contribution in [2.75, 3.05) is 0 Å². The van der Waals surface area contributed by atoms with Gasteiger partial charge < -0.3 is 28.4 Å². The van der Waals surface area contributed by atoms with Crippen LogP contribution in [0.25, 0.3) is 108 Å².